The Hall–Kier alpha value is -0.900. The van der Waals surface area contributed by atoms with Crippen molar-refractivity contribution in [3.8, 4) is 0 Å². The van der Waals surface area contributed by atoms with Crippen molar-refractivity contribution in [2.45, 2.75) is 38.5 Å². The van der Waals surface area contributed by atoms with Crippen LogP contribution < -0.4 is 5.32 Å². The fraction of sp³-hybridized carbons (Fsp3) is 0.625. The summed E-state index contributed by atoms with van der Waals surface area (Å²) in [6.07, 6.45) is 1.53. The Kier molecular flexibility index (Phi) is 5.37. The van der Waals surface area contributed by atoms with E-state index in [1.165, 1.54) is 5.56 Å². The summed E-state index contributed by atoms with van der Waals surface area (Å²) in [5, 5.41) is 3.57. The number of nitrogens with one attached hydrogen (secondary N) is 1. The number of rotatable bonds is 6. The molecule has 0 spiro atoms. The summed E-state index contributed by atoms with van der Waals surface area (Å²) in [4.78, 5) is 2.54. The van der Waals surface area contributed by atoms with Gasteiger partial charge in [-0.2, -0.15) is 0 Å². The number of ether oxygens (including phenoxy) is 1. The normalized spacial score (nSPS) is 22.0. The molecule has 1 N–H and O–H groups in total. The van der Waals surface area contributed by atoms with Gasteiger partial charge in [-0.1, -0.05) is 44.2 Å². The highest BCUT2D eigenvalue weighted by Gasteiger charge is 2.28. The van der Waals surface area contributed by atoms with Crippen molar-refractivity contribution in [2.75, 3.05) is 26.7 Å². The monoisotopic (exact) mass is 262 g/mol. The maximum absolute atomic E-state index is 5.49. The van der Waals surface area contributed by atoms with Gasteiger partial charge < -0.3 is 10.1 Å². The highest BCUT2D eigenvalue weighted by Crippen LogP contribution is 2.25. The number of hydrogen-bond acceptors (Lipinski definition) is 3. The molecule has 1 aromatic rings. The molecule has 3 nitrogen and oxygen atoms in total. The van der Waals surface area contributed by atoms with Crippen molar-refractivity contribution < 1.29 is 4.74 Å². The van der Waals surface area contributed by atoms with E-state index in [9.17, 15) is 0 Å². The van der Waals surface area contributed by atoms with Gasteiger partial charge in [0, 0.05) is 38.8 Å². The number of nitrogens with zero attached hydrogens (tertiary/aromatic N) is 1. The summed E-state index contributed by atoms with van der Waals surface area (Å²) in [5.41, 5.74) is 1.40. The predicted molar refractivity (Wildman–Crippen MR) is 79.3 cm³/mol. The van der Waals surface area contributed by atoms with Crippen molar-refractivity contribution in [1.82, 2.24) is 10.2 Å². The van der Waals surface area contributed by atoms with Crippen LogP contribution >= 0.6 is 0 Å². The van der Waals surface area contributed by atoms with Crippen LogP contribution in [-0.4, -0.2) is 43.8 Å². The van der Waals surface area contributed by atoms with Gasteiger partial charge in [-0.15, -0.1) is 0 Å². The molecule has 0 aromatic heterocycles. The van der Waals surface area contributed by atoms with Crippen LogP contribution in [0.1, 0.15) is 31.9 Å². The zero-order valence-corrected chi connectivity index (χ0v) is 12.3. The van der Waals surface area contributed by atoms with E-state index < -0.39 is 0 Å². The summed E-state index contributed by atoms with van der Waals surface area (Å²) in [5.74, 6) is 0. The Balaban J connectivity index is 2.06. The molecular formula is C16H26N2O. The highest BCUT2D eigenvalue weighted by atomic mass is 16.5. The van der Waals surface area contributed by atoms with Gasteiger partial charge in [0.2, 0.25) is 0 Å². The largest absolute Gasteiger partial charge is 0.380 e. The zero-order chi connectivity index (χ0) is 13.7. The van der Waals surface area contributed by atoms with Gasteiger partial charge in [0.25, 0.3) is 0 Å². The zero-order valence-electron chi connectivity index (χ0n) is 12.3. The lowest BCUT2D eigenvalue weighted by molar-refractivity contribution is 0.100. The molecule has 19 heavy (non-hydrogen) atoms. The topological polar surface area (TPSA) is 24.5 Å². The van der Waals surface area contributed by atoms with Crippen LogP contribution in [0.3, 0.4) is 0 Å². The van der Waals surface area contributed by atoms with Crippen LogP contribution in [0.5, 0.6) is 0 Å². The van der Waals surface area contributed by atoms with E-state index in [0.717, 1.165) is 26.1 Å². The number of benzene rings is 1. The molecule has 1 aliphatic heterocycles. The SMILES string of the molecule is COC1CCN(C(CNC(C)C)c2ccccc2)C1. The number of hydrogen-bond donors (Lipinski definition) is 1. The average Bonchev–Trinajstić information content (AvgIpc) is 2.89. The van der Waals surface area contributed by atoms with Gasteiger partial charge in [0.05, 0.1) is 6.10 Å². The van der Waals surface area contributed by atoms with Crippen molar-refractivity contribution in [2.24, 2.45) is 0 Å². The van der Waals surface area contributed by atoms with E-state index in [2.05, 4.69) is 54.4 Å². The predicted octanol–water partition coefficient (Wildman–Crippen LogP) is 2.45. The van der Waals surface area contributed by atoms with Gasteiger partial charge >= 0.3 is 0 Å². The van der Waals surface area contributed by atoms with Crippen LogP contribution in [0.15, 0.2) is 30.3 Å². The molecule has 0 bridgehead atoms. The molecule has 3 heteroatoms. The lowest BCUT2D eigenvalue weighted by atomic mass is 10.1. The van der Waals surface area contributed by atoms with Crippen molar-refractivity contribution in [3.05, 3.63) is 35.9 Å². The lowest BCUT2D eigenvalue weighted by Gasteiger charge is -2.29. The average molecular weight is 262 g/mol. The maximum atomic E-state index is 5.49. The Morgan fingerprint density at radius 2 is 2.05 bits per heavy atom. The van der Waals surface area contributed by atoms with Gasteiger partial charge in [-0.05, 0) is 12.0 Å². The van der Waals surface area contributed by atoms with E-state index in [1.807, 2.05) is 7.11 Å². The molecular weight excluding hydrogens is 236 g/mol. The lowest BCUT2D eigenvalue weighted by Crippen LogP contribution is -2.37. The van der Waals surface area contributed by atoms with E-state index in [0.29, 0.717) is 18.2 Å². The Morgan fingerprint density at radius 1 is 1.32 bits per heavy atom. The third kappa shape index (κ3) is 4.03. The molecule has 1 saturated heterocycles. The van der Waals surface area contributed by atoms with Crippen LogP contribution in [0.25, 0.3) is 0 Å². The molecule has 1 fully saturated rings. The molecule has 2 atom stereocenters. The summed E-state index contributed by atoms with van der Waals surface area (Å²) in [7, 11) is 1.82. The minimum absolute atomic E-state index is 0.394. The van der Waals surface area contributed by atoms with E-state index >= 15 is 0 Å². The van der Waals surface area contributed by atoms with Crippen LogP contribution in [0.4, 0.5) is 0 Å². The Bertz CT molecular complexity index is 366. The quantitative estimate of drug-likeness (QED) is 0.852. The fourth-order valence-corrected chi connectivity index (χ4v) is 2.71. The fourth-order valence-electron chi connectivity index (χ4n) is 2.71. The second-order valence-electron chi connectivity index (χ2n) is 5.63. The molecule has 1 heterocycles. The maximum Gasteiger partial charge on any atom is 0.0710 e. The summed E-state index contributed by atoms with van der Waals surface area (Å²) in [6, 6.07) is 11.8. The second kappa shape index (κ2) is 7.04. The van der Waals surface area contributed by atoms with Crippen LogP contribution in [-0.2, 0) is 4.74 Å². The molecule has 0 radical (unpaired) electrons. The molecule has 0 saturated carbocycles. The first-order valence-corrected chi connectivity index (χ1v) is 7.26. The number of methoxy groups -OCH3 is 1. The summed E-state index contributed by atoms with van der Waals surface area (Å²) >= 11 is 0. The molecule has 1 aromatic carbocycles. The van der Waals surface area contributed by atoms with E-state index in [4.69, 9.17) is 4.74 Å². The third-order valence-electron chi connectivity index (χ3n) is 3.85. The first-order chi connectivity index (χ1) is 9.20. The molecule has 106 valence electrons. The van der Waals surface area contributed by atoms with E-state index in [-0.39, 0.29) is 0 Å². The molecule has 0 amide bonds. The molecule has 2 unspecified atom stereocenters. The Labute approximate surface area is 116 Å². The van der Waals surface area contributed by atoms with Crippen molar-refractivity contribution >= 4 is 0 Å². The second-order valence-corrected chi connectivity index (χ2v) is 5.63. The molecule has 1 aliphatic rings. The van der Waals surface area contributed by atoms with Gasteiger partial charge in [-0.3, -0.25) is 4.90 Å². The van der Waals surface area contributed by atoms with E-state index in [1.54, 1.807) is 0 Å². The summed E-state index contributed by atoms with van der Waals surface area (Å²) < 4.78 is 5.49. The summed E-state index contributed by atoms with van der Waals surface area (Å²) in [6.45, 7) is 7.56. The van der Waals surface area contributed by atoms with Crippen molar-refractivity contribution in [3.63, 3.8) is 0 Å². The van der Waals surface area contributed by atoms with Gasteiger partial charge in [-0.25, -0.2) is 0 Å². The first-order valence-electron chi connectivity index (χ1n) is 7.26. The highest BCUT2D eigenvalue weighted by molar-refractivity contribution is 5.20. The van der Waals surface area contributed by atoms with Gasteiger partial charge in [0.15, 0.2) is 0 Å². The standard InChI is InChI=1S/C16H26N2O/c1-13(2)17-11-16(14-7-5-4-6-8-14)18-10-9-15(12-18)19-3/h4-8,13,15-17H,9-12H2,1-3H3. The number of likely N-dealkylation sites (tertiary alicyclic amines) is 1. The first kappa shape index (κ1) is 14.5. The molecule has 2 rings (SSSR count). The van der Waals surface area contributed by atoms with Crippen LogP contribution in [0.2, 0.25) is 0 Å². The Morgan fingerprint density at radius 3 is 2.63 bits per heavy atom. The van der Waals surface area contributed by atoms with Crippen molar-refractivity contribution in [1.29, 1.82) is 0 Å². The van der Waals surface area contributed by atoms with Crippen LogP contribution in [0, 0.1) is 0 Å². The smallest absolute Gasteiger partial charge is 0.0710 e. The minimum Gasteiger partial charge on any atom is -0.380 e. The minimum atomic E-state index is 0.394. The van der Waals surface area contributed by atoms with Gasteiger partial charge in [0.1, 0.15) is 0 Å². The third-order valence-corrected chi connectivity index (χ3v) is 3.85. The molecule has 0 aliphatic carbocycles.